The molecule has 1 aromatic heterocycles. The summed E-state index contributed by atoms with van der Waals surface area (Å²) in [7, 11) is 0. The van der Waals surface area contributed by atoms with Gasteiger partial charge in [-0.1, -0.05) is 25.1 Å². The first-order chi connectivity index (χ1) is 10.6. The second-order valence-electron chi connectivity index (χ2n) is 5.28. The molecular weight excluding hydrogens is 282 g/mol. The average molecular weight is 299 g/mol. The van der Waals surface area contributed by atoms with E-state index in [4.69, 9.17) is 9.47 Å². The minimum absolute atomic E-state index is 0.299. The molecular formula is C17H17NO4. The number of cyclic esters (lactones) is 1. The Morgan fingerprint density at radius 1 is 1.41 bits per heavy atom. The molecule has 114 valence electrons. The van der Waals surface area contributed by atoms with E-state index in [2.05, 4.69) is 4.98 Å². The molecule has 0 aliphatic carbocycles. The van der Waals surface area contributed by atoms with Crippen molar-refractivity contribution in [3.63, 3.8) is 0 Å². The molecule has 0 amide bonds. The number of fused-ring (bicyclic) bond motifs is 1. The lowest BCUT2D eigenvalue weighted by molar-refractivity contribution is -0.145. The van der Waals surface area contributed by atoms with Gasteiger partial charge in [0.05, 0.1) is 17.7 Å². The van der Waals surface area contributed by atoms with E-state index in [1.165, 1.54) is 0 Å². The lowest BCUT2D eigenvalue weighted by atomic mass is 10.0. The summed E-state index contributed by atoms with van der Waals surface area (Å²) in [6, 6.07) is 7.45. The zero-order valence-corrected chi connectivity index (χ0v) is 12.6. The number of benzene rings is 1. The van der Waals surface area contributed by atoms with Crippen LogP contribution in [0.3, 0.4) is 0 Å². The fourth-order valence-electron chi connectivity index (χ4n) is 2.74. The quantitative estimate of drug-likeness (QED) is 0.815. The van der Waals surface area contributed by atoms with Crippen LogP contribution < -0.4 is 0 Å². The molecule has 0 radical (unpaired) electrons. The van der Waals surface area contributed by atoms with E-state index in [-0.39, 0.29) is 0 Å². The highest BCUT2D eigenvalue weighted by atomic mass is 16.6. The van der Waals surface area contributed by atoms with Crippen LogP contribution in [-0.4, -0.2) is 29.6 Å². The number of pyridine rings is 1. The highest BCUT2D eigenvalue weighted by Crippen LogP contribution is 2.25. The molecule has 1 aromatic carbocycles. The molecule has 1 fully saturated rings. The molecule has 22 heavy (non-hydrogen) atoms. The highest BCUT2D eigenvalue weighted by molar-refractivity contribution is 6.05. The second-order valence-corrected chi connectivity index (χ2v) is 5.28. The number of hydrogen-bond acceptors (Lipinski definition) is 5. The van der Waals surface area contributed by atoms with Gasteiger partial charge in [0.2, 0.25) is 6.10 Å². The van der Waals surface area contributed by atoms with Crippen LogP contribution in [0.15, 0.2) is 24.3 Å². The minimum Gasteiger partial charge on any atom is -0.463 e. The number of ether oxygens (including phenoxy) is 2. The molecule has 0 N–H and O–H groups in total. The van der Waals surface area contributed by atoms with Crippen LogP contribution in [0.2, 0.25) is 0 Å². The Labute approximate surface area is 128 Å². The van der Waals surface area contributed by atoms with Gasteiger partial charge in [-0.3, -0.25) is 4.98 Å². The Bertz CT molecular complexity index is 754. The Balaban J connectivity index is 2.06. The molecule has 5 nitrogen and oxygen atoms in total. The van der Waals surface area contributed by atoms with Crippen molar-refractivity contribution < 1.29 is 19.1 Å². The van der Waals surface area contributed by atoms with Crippen LogP contribution in [0.25, 0.3) is 10.9 Å². The number of carbonyl (C=O) groups excluding carboxylic acids is 2. The number of aryl methyl sites for hydroxylation is 1. The summed E-state index contributed by atoms with van der Waals surface area (Å²) in [5.74, 6) is -0.963. The van der Waals surface area contributed by atoms with Gasteiger partial charge in [0.15, 0.2) is 0 Å². The minimum atomic E-state index is -0.802. The third-order valence-corrected chi connectivity index (χ3v) is 3.91. The van der Waals surface area contributed by atoms with Crippen molar-refractivity contribution in [2.24, 2.45) is 0 Å². The smallest absolute Gasteiger partial charge is 0.347 e. The van der Waals surface area contributed by atoms with Gasteiger partial charge in [-0.25, -0.2) is 9.59 Å². The van der Waals surface area contributed by atoms with Gasteiger partial charge in [-0.05, 0) is 25.0 Å². The molecule has 0 saturated carbocycles. The summed E-state index contributed by atoms with van der Waals surface area (Å²) in [5.41, 5.74) is 2.91. The fourth-order valence-corrected chi connectivity index (χ4v) is 2.74. The van der Waals surface area contributed by atoms with Gasteiger partial charge in [0.1, 0.15) is 0 Å². The summed E-state index contributed by atoms with van der Waals surface area (Å²) in [6.07, 6.45) is 0.333. The maximum absolute atomic E-state index is 12.6. The van der Waals surface area contributed by atoms with E-state index in [0.29, 0.717) is 18.6 Å². The molecule has 0 bridgehead atoms. The summed E-state index contributed by atoms with van der Waals surface area (Å²) in [6.45, 7) is 4.16. The van der Waals surface area contributed by atoms with Crippen LogP contribution >= 0.6 is 0 Å². The molecule has 1 aliphatic heterocycles. The molecule has 2 aromatic rings. The van der Waals surface area contributed by atoms with Crippen molar-refractivity contribution in [2.75, 3.05) is 6.61 Å². The zero-order chi connectivity index (χ0) is 15.7. The highest BCUT2D eigenvalue weighted by Gasteiger charge is 2.31. The SMILES string of the molecule is CCc1nc2ccccc2c(C(=O)O[C@@H]2CCOC2=O)c1C. The first-order valence-corrected chi connectivity index (χ1v) is 7.37. The summed E-state index contributed by atoms with van der Waals surface area (Å²) >= 11 is 0. The van der Waals surface area contributed by atoms with Gasteiger partial charge in [0, 0.05) is 17.5 Å². The fraction of sp³-hybridized carbons (Fsp3) is 0.353. The van der Waals surface area contributed by atoms with Gasteiger partial charge in [-0.2, -0.15) is 0 Å². The first kappa shape index (κ1) is 14.5. The molecule has 0 spiro atoms. The molecule has 1 saturated heterocycles. The maximum Gasteiger partial charge on any atom is 0.347 e. The summed E-state index contributed by atoms with van der Waals surface area (Å²) in [5, 5.41) is 0.744. The monoisotopic (exact) mass is 299 g/mol. The largest absolute Gasteiger partial charge is 0.463 e. The Morgan fingerprint density at radius 3 is 2.86 bits per heavy atom. The normalized spacial score (nSPS) is 17.5. The summed E-state index contributed by atoms with van der Waals surface area (Å²) < 4.78 is 10.2. The van der Waals surface area contributed by atoms with Crippen molar-refractivity contribution in [3.8, 4) is 0 Å². The number of aromatic nitrogens is 1. The predicted octanol–water partition coefficient (Wildman–Crippen LogP) is 2.58. The van der Waals surface area contributed by atoms with Crippen LogP contribution in [0, 0.1) is 6.92 Å². The number of rotatable bonds is 3. The lowest BCUT2D eigenvalue weighted by Crippen LogP contribution is -2.23. The first-order valence-electron chi connectivity index (χ1n) is 7.37. The molecule has 3 rings (SSSR count). The number of esters is 2. The van der Waals surface area contributed by atoms with E-state index < -0.39 is 18.0 Å². The van der Waals surface area contributed by atoms with Crippen molar-refractivity contribution >= 4 is 22.8 Å². The van der Waals surface area contributed by atoms with E-state index in [1.807, 2.05) is 38.1 Å². The van der Waals surface area contributed by atoms with E-state index in [1.54, 1.807) is 0 Å². The van der Waals surface area contributed by atoms with Crippen molar-refractivity contribution in [1.29, 1.82) is 0 Å². The predicted molar refractivity (Wildman–Crippen MR) is 80.6 cm³/mol. The lowest BCUT2D eigenvalue weighted by Gasteiger charge is -2.14. The second kappa shape index (κ2) is 5.75. The third-order valence-electron chi connectivity index (χ3n) is 3.91. The van der Waals surface area contributed by atoms with Crippen molar-refractivity contribution in [1.82, 2.24) is 4.98 Å². The Hall–Kier alpha value is -2.43. The number of carbonyl (C=O) groups is 2. The number of para-hydroxylation sites is 1. The third kappa shape index (κ3) is 2.43. The van der Waals surface area contributed by atoms with Gasteiger partial charge in [-0.15, -0.1) is 0 Å². The number of hydrogen-bond donors (Lipinski definition) is 0. The van der Waals surface area contributed by atoms with Gasteiger partial charge in [0.25, 0.3) is 0 Å². The van der Waals surface area contributed by atoms with Gasteiger partial charge >= 0.3 is 11.9 Å². The standard InChI is InChI=1S/C17H17NO4/c1-3-12-10(2)15(11-6-4-5-7-13(11)18-12)17(20)22-14-8-9-21-16(14)19/h4-7,14H,3,8-9H2,1-2H3/t14-/m1/s1. The topological polar surface area (TPSA) is 65.5 Å². The van der Waals surface area contributed by atoms with E-state index in [0.717, 1.165) is 28.6 Å². The zero-order valence-electron chi connectivity index (χ0n) is 12.6. The molecule has 2 heterocycles. The molecule has 1 aliphatic rings. The number of nitrogens with zero attached hydrogens (tertiary/aromatic N) is 1. The van der Waals surface area contributed by atoms with Crippen LogP contribution in [0.5, 0.6) is 0 Å². The molecule has 0 unspecified atom stereocenters. The van der Waals surface area contributed by atoms with Crippen LogP contribution in [-0.2, 0) is 20.7 Å². The van der Waals surface area contributed by atoms with Crippen LogP contribution in [0.4, 0.5) is 0 Å². The Kier molecular flexibility index (Phi) is 3.79. The van der Waals surface area contributed by atoms with E-state index >= 15 is 0 Å². The Morgan fingerprint density at radius 2 is 2.18 bits per heavy atom. The molecule has 5 heteroatoms. The maximum atomic E-state index is 12.6. The van der Waals surface area contributed by atoms with Crippen molar-refractivity contribution in [2.45, 2.75) is 32.8 Å². The summed E-state index contributed by atoms with van der Waals surface area (Å²) in [4.78, 5) is 28.7. The van der Waals surface area contributed by atoms with Crippen molar-refractivity contribution in [3.05, 3.63) is 41.1 Å². The molecule has 1 atom stereocenters. The van der Waals surface area contributed by atoms with E-state index in [9.17, 15) is 9.59 Å². The van der Waals surface area contributed by atoms with Gasteiger partial charge < -0.3 is 9.47 Å². The average Bonchev–Trinajstić information content (AvgIpc) is 2.91. The van der Waals surface area contributed by atoms with Crippen LogP contribution in [0.1, 0.15) is 35.0 Å².